The van der Waals surface area contributed by atoms with Gasteiger partial charge in [0.15, 0.2) is 0 Å². The zero-order valence-corrected chi connectivity index (χ0v) is 11.7. The fourth-order valence-corrected chi connectivity index (χ4v) is 3.28. The van der Waals surface area contributed by atoms with Gasteiger partial charge in [-0.05, 0) is 48.9 Å². The maximum absolute atomic E-state index is 6.22. The molecule has 0 bridgehead atoms. The summed E-state index contributed by atoms with van der Waals surface area (Å²) >= 11 is 6.22. The van der Waals surface area contributed by atoms with E-state index in [1.807, 2.05) is 6.07 Å². The van der Waals surface area contributed by atoms with Gasteiger partial charge in [-0.15, -0.1) is 0 Å². The zero-order valence-electron chi connectivity index (χ0n) is 11.0. The van der Waals surface area contributed by atoms with Crippen LogP contribution in [0.25, 0.3) is 0 Å². The Bertz CT molecular complexity index is 394. The lowest BCUT2D eigenvalue weighted by Crippen LogP contribution is -2.21. The Labute approximate surface area is 114 Å². The molecule has 0 aliphatic heterocycles. The Hall–Kier alpha value is -0.730. The summed E-state index contributed by atoms with van der Waals surface area (Å²) in [4.78, 5) is 0. The Morgan fingerprint density at radius 2 is 2.06 bits per heavy atom. The van der Waals surface area contributed by atoms with E-state index in [-0.39, 0.29) is 0 Å². The molecule has 1 aromatic carbocycles. The highest BCUT2D eigenvalue weighted by Crippen LogP contribution is 2.38. The number of methoxy groups -OCH3 is 1. The molecule has 2 atom stereocenters. The van der Waals surface area contributed by atoms with Crippen molar-refractivity contribution in [3.63, 3.8) is 0 Å². The minimum absolute atomic E-state index is 0.556. The highest BCUT2D eigenvalue weighted by molar-refractivity contribution is 6.32. The standard InChI is InChI=1S/C15H22ClNO/c1-18-15-8-7-11(9-14(15)16)13-6-4-2-3-5-12(13)10-17/h7-9,12-13H,2-6,10,17H2,1H3. The maximum atomic E-state index is 6.22. The molecule has 18 heavy (non-hydrogen) atoms. The van der Waals surface area contributed by atoms with Crippen molar-refractivity contribution in [2.75, 3.05) is 13.7 Å². The summed E-state index contributed by atoms with van der Waals surface area (Å²) in [7, 11) is 1.65. The van der Waals surface area contributed by atoms with Crippen LogP contribution in [0.1, 0.15) is 43.6 Å². The van der Waals surface area contributed by atoms with Crippen molar-refractivity contribution in [1.29, 1.82) is 0 Å². The number of rotatable bonds is 3. The highest BCUT2D eigenvalue weighted by Gasteiger charge is 2.24. The normalized spacial score (nSPS) is 24.6. The van der Waals surface area contributed by atoms with Crippen molar-refractivity contribution in [2.24, 2.45) is 11.7 Å². The molecule has 1 aliphatic rings. The largest absolute Gasteiger partial charge is 0.495 e. The predicted molar refractivity (Wildman–Crippen MR) is 76.4 cm³/mol. The lowest BCUT2D eigenvalue weighted by Gasteiger charge is -2.24. The third-order valence-corrected chi connectivity index (χ3v) is 4.36. The lowest BCUT2D eigenvalue weighted by atomic mass is 9.82. The monoisotopic (exact) mass is 267 g/mol. The summed E-state index contributed by atoms with van der Waals surface area (Å²) in [6.07, 6.45) is 6.40. The Kier molecular flexibility index (Phi) is 4.90. The van der Waals surface area contributed by atoms with E-state index in [0.29, 0.717) is 16.9 Å². The van der Waals surface area contributed by atoms with E-state index in [1.54, 1.807) is 7.11 Å². The first-order valence-electron chi connectivity index (χ1n) is 6.79. The molecule has 0 aromatic heterocycles. The van der Waals surface area contributed by atoms with Crippen LogP contribution in [0.15, 0.2) is 18.2 Å². The average molecular weight is 268 g/mol. The van der Waals surface area contributed by atoms with Gasteiger partial charge >= 0.3 is 0 Å². The van der Waals surface area contributed by atoms with Crippen LogP contribution in [0, 0.1) is 5.92 Å². The third-order valence-electron chi connectivity index (χ3n) is 4.07. The summed E-state index contributed by atoms with van der Waals surface area (Å²) in [5.74, 6) is 1.90. The van der Waals surface area contributed by atoms with Crippen LogP contribution in [0.2, 0.25) is 5.02 Å². The first-order chi connectivity index (χ1) is 8.76. The third kappa shape index (κ3) is 2.99. The minimum Gasteiger partial charge on any atom is -0.495 e. The molecule has 2 nitrogen and oxygen atoms in total. The van der Waals surface area contributed by atoms with Crippen LogP contribution >= 0.6 is 11.6 Å². The quantitative estimate of drug-likeness (QED) is 0.841. The van der Waals surface area contributed by atoms with Gasteiger partial charge in [0.1, 0.15) is 5.75 Å². The molecule has 100 valence electrons. The zero-order chi connectivity index (χ0) is 13.0. The van der Waals surface area contributed by atoms with E-state index >= 15 is 0 Å². The van der Waals surface area contributed by atoms with Gasteiger partial charge in [0.2, 0.25) is 0 Å². The van der Waals surface area contributed by atoms with Crippen LogP contribution in [-0.2, 0) is 0 Å². The van der Waals surface area contributed by atoms with E-state index in [2.05, 4.69) is 12.1 Å². The van der Waals surface area contributed by atoms with Crippen molar-refractivity contribution in [2.45, 2.75) is 38.0 Å². The molecule has 1 aromatic rings. The molecule has 1 aliphatic carbocycles. The van der Waals surface area contributed by atoms with E-state index in [4.69, 9.17) is 22.1 Å². The van der Waals surface area contributed by atoms with E-state index in [9.17, 15) is 0 Å². The van der Waals surface area contributed by atoms with Crippen molar-refractivity contribution in [1.82, 2.24) is 0 Å². The molecule has 0 radical (unpaired) electrons. The van der Waals surface area contributed by atoms with Crippen molar-refractivity contribution < 1.29 is 4.74 Å². The summed E-state index contributed by atoms with van der Waals surface area (Å²) in [6, 6.07) is 6.17. The highest BCUT2D eigenvalue weighted by atomic mass is 35.5. The fourth-order valence-electron chi connectivity index (χ4n) is 3.02. The van der Waals surface area contributed by atoms with Crippen LogP contribution < -0.4 is 10.5 Å². The van der Waals surface area contributed by atoms with Gasteiger partial charge in [-0.25, -0.2) is 0 Å². The molecule has 2 N–H and O–H groups in total. The molecule has 2 unspecified atom stereocenters. The Morgan fingerprint density at radius 3 is 2.72 bits per heavy atom. The molecular formula is C15H22ClNO. The van der Waals surface area contributed by atoms with Gasteiger partial charge in [0, 0.05) is 0 Å². The smallest absolute Gasteiger partial charge is 0.137 e. The molecular weight excluding hydrogens is 246 g/mol. The molecule has 0 amide bonds. The molecule has 2 rings (SSSR count). The number of ether oxygens (including phenoxy) is 1. The molecule has 1 saturated carbocycles. The SMILES string of the molecule is COc1ccc(C2CCCCCC2CN)cc1Cl. The molecule has 3 heteroatoms. The summed E-state index contributed by atoms with van der Waals surface area (Å²) in [6.45, 7) is 0.772. The van der Waals surface area contributed by atoms with Gasteiger partial charge in [0.25, 0.3) is 0 Å². The van der Waals surface area contributed by atoms with Crippen molar-refractivity contribution in [3.8, 4) is 5.75 Å². The van der Waals surface area contributed by atoms with Crippen molar-refractivity contribution >= 4 is 11.6 Å². The van der Waals surface area contributed by atoms with Crippen LogP contribution in [-0.4, -0.2) is 13.7 Å². The Morgan fingerprint density at radius 1 is 1.28 bits per heavy atom. The number of hydrogen-bond donors (Lipinski definition) is 1. The molecule has 0 spiro atoms. The number of hydrogen-bond acceptors (Lipinski definition) is 2. The maximum Gasteiger partial charge on any atom is 0.137 e. The van der Waals surface area contributed by atoms with Gasteiger partial charge in [0.05, 0.1) is 12.1 Å². The van der Waals surface area contributed by atoms with Crippen LogP contribution in [0.5, 0.6) is 5.75 Å². The van der Waals surface area contributed by atoms with E-state index in [1.165, 1.54) is 37.7 Å². The number of benzene rings is 1. The first kappa shape index (κ1) is 13.7. The van der Waals surface area contributed by atoms with Crippen molar-refractivity contribution in [3.05, 3.63) is 28.8 Å². The number of halogens is 1. The summed E-state index contributed by atoms with van der Waals surface area (Å²) in [5.41, 5.74) is 7.25. The van der Waals surface area contributed by atoms with Crippen LogP contribution in [0.3, 0.4) is 0 Å². The summed E-state index contributed by atoms with van der Waals surface area (Å²) in [5, 5.41) is 0.704. The second-order valence-corrected chi connectivity index (χ2v) is 5.54. The average Bonchev–Trinajstić information content (AvgIpc) is 2.63. The predicted octanol–water partition coefficient (Wildman–Crippen LogP) is 3.97. The molecule has 1 fully saturated rings. The summed E-state index contributed by atoms with van der Waals surface area (Å²) < 4.78 is 5.21. The van der Waals surface area contributed by atoms with Gasteiger partial charge in [-0.3, -0.25) is 0 Å². The Balaban J connectivity index is 2.24. The second kappa shape index (κ2) is 6.44. The fraction of sp³-hybridized carbons (Fsp3) is 0.600. The topological polar surface area (TPSA) is 35.2 Å². The first-order valence-corrected chi connectivity index (χ1v) is 7.17. The van der Waals surface area contributed by atoms with Gasteiger partial charge in [-0.1, -0.05) is 36.9 Å². The van der Waals surface area contributed by atoms with E-state index in [0.717, 1.165) is 12.3 Å². The van der Waals surface area contributed by atoms with Crippen LogP contribution in [0.4, 0.5) is 0 Å². The van der Waals surface area contributed by atoms with Gasteiger partial charge in [-0.2, -0.15) is 0 Å². The number of nitrogens with two attached hydrogens (primary N) is 1. The molecule has 0 saturated heterocycles. The van der Waals surface area contributed by atoms with Gasteiger partial charge < -0.3 is 10.5 Å². The molecule has 0 heterocycles. The second-order valence-electron chi connectivity index (χ2n) is 5.13. The van der Waals surface area contributed by atoms with E-state index < -0.39 is 0 Å². The minimum atomic E-state index is 0.556. The lowest BCUT2D eigenvalue weighted by molar-refractivity contribution is 0.404.